The number of rotatable bonds is 7. The Morgan fingerprint density at radius 3 is 2.64 bits per heavy atom. The van der Waals surface area contributed by atoms with Gasteiger partial charge >= 0.3 is 6.03 Å². The molecule has 0 saturated carbocycles. The van der Waals surface area contributed by atoms with Gasteiger partial charge in [0.15, 0.2) is 0 Å². The molecule has 2 amide bonds. The van der Waals surface area contributed by atoms with Gasteiger partial charge in [0.1, 0.15) is 0 Å². The van der Waals surface area contributed by atoms with Crippen LogP contribution < -0.4 is 15.5 Å². The Kier molecular flexibility index (Phi) is 7.52. The Hall–Kier alpha value is -1.79. The van der Waals surface area contributed by atoms with Crippen molar-refractivity contribution in [3.05, 3.63) is 24.3 Å². The number of benzene rings is 1. The van der Waals surface area contributed by atoms with E-state index < -0.39 is 0 Å². The Morgan fingerprint density at radius 2 is 1.96 bits per heavy atom. The van der Waals surface area contributed by atoms with E-state index in [-0.39, 0.29) is 6.03 Å². The summed E-state index contributed by atoms with van der Waals surface area (Å²) in [6, 6.07) is 8.23. The molecule has 1 aromatic rings. The van der Waals surface area contributed by atoms with E-state index in [0.717, 1.165) is 31.9 Å². The van der Waals surface area contributed by atoms with Gasteiger partial charge in [0, 0.05) is 57.2 Å². The molecule has 6 nitrogen and oxygen atoms in total. The number of likely N-dealkylation sites (N-methyl/N-ethyl adjacent to an activating group) is 2. The van der Waals surface area contributed by atoms with E-state index in [9.17, 15) is 4.79 Å². The zero-order chi connectivity index (χ0) is 18.2. The molecule has 2 rings (SSSR count). The van der Waals surface area contributed by atoms with Gasteiger partial charge in [0.05, 0.1) is 0 Å². The molecule has 0 aromatic heterocycles. The number of nitrogens with zero attached hydrogens (tertiary/aromatic N) is 3. The summed E-state index contributed by atoms with van der Waals surface area (Å²) in [5.74, 6) is 0. The third-order valence-corrected chi connectivity index (χ3v) is 4.89. The molecule has 140 valence electrons. The van der Waals surface area contributed by atoms with Gasteiger partial charge in [-0.15, -0.1) is 0 Å². The fraction of sp³-hybridized carbons (Fsp3) is 0.632. The second-order valence-electron chi connectivity index (χ2n) is 7.05. The Labute approximate surface area is 152 Å². The van der Waals surface area contributed by atoms with Gasteiger partial charge in [-0.25, -0.2) is 4.79 Å². The molecule has 0 unspecified atom stereocenters. The monoisotopic (exact) mass is 347 g/mol. The Balaban J connectivity index is 1.78. The molecule has 2 N–H and O–H groups in total. The van der Waals surface area contributed by atoms with E-state index in [0.29, 0.717) is 12.6 Å². The van der Waals surface area contributed by atoms with Gasteiger partial charge < -0.3 is 20.4 Å². The number of hydrogen-bond acceptors (Lipinski definition) is 4. The van der Waals surface area contributed by atoms with Crippen molar-refractivity contribution in [1.82, 2.24) is 15.1 Å². The summed E-state index contributed by atoms with van der Waals surface area (Å²) in [4.78, 5) is 19.0. The number of carbonyl (C=O) groups excluding carboxylic acids is 1. The summed E-state index contributed by atoms with van der Waals surface area (Å²) in [6.07, 6.45) is 2.37. The normalized spacial score (nSPS) is 18.8. The lowest BCUT2D eigenvalue weighted by molar-refractivity contribution is 0.115. The summed E-state index contributed by atoms with van der Waals surface area (Å²) in [5.41, 5.74) is 1.99. The molecule has 1 aliphatic heterocycles. The molecule has 0 bridgehead atoms. The SMILES string of the molecule is CCCCN(C)c1ccc(NC(=O)NC[C@H]2CN(C)CCN2C)cc1. The van der Waals surface area contributed by atoms with Gasteiger partial charge in [-0.2, -0.15) is 0 Å². The maximum Gasteiger partial charge on any atom is 0.319 e. The average molecular weight is 348 g/mol. The van der Waals surface area contributed by atoms with Crippen molar-refractivity contribution in [2.24, 2.45) is 0 Å². The van der Waals surface area contributed by atoms with Crippen LogP contribution in [0.25, 0.3) is 0 Å². The highest BCUT2D eigenvalue weighted by atomic mass is 16.2. The van der Waals surface area contributed by atoms with Crippen LogP contribution in [0.5, 0.6) is 0 Å². The van der Waals surface area contributed by atoms with Gasteiger partial charge in [-0.1, -0.05) is 13.3 Å². The van der Waals surface area contributed by atoms with Gasteiger partial charge in [-0.3, -0.25) is 4.90 Å². The molecule has 0 aliphatic carbocycles. The Morgan fingerprint density at radius 1 is 1.24 bits per heavy atom. The second kappa shape index (κ2) is 9.63. The largest absolute Gasteiger partial charge is 0.375 e. The van der Waals surface area contributed by atoms with Gasteiger partial charge in [0.2, 0.25) is 0 Å². The lowest BCUT2D eigenvalue weighted by Gasteiger charge is -2.37. The highest BCUT2D eigenvalue weighted by Gasteiger charge is 2.22. The average Bonchev–Trinajstić information content (AvgIpc) is 2.61. The number of nitrogens with one attached hydrogen (secondary N) is 2. The first kappa shape index (κ1) is 19.5. The molecule has 25 heavy (non-hydrogen) atoms. The fourth-order valence-electron chi connectivity index (χ4n) is 3.03. The second-order valence-corrected chi connectivity index (χ2v) is 7.05. The van der Waals surface area contributed by atoms with Crippen molar-refractivity contribution >= 4 is 17.4 Å². The van der Waals surface area contributed by atoms with Gasteiger partial charge in [-0.05, 0) is 44.8 Å². The molecule has 1 saturated heterocycles. The number of hydrogen-bond donors (Lipinski definition) is 2. The first-order valence-electron chi connectivity index (χ1n) is 9.24. The van der Waals surface area contributed by atoms with Crippen molar-refractivity contribution in [3.8, 4) is 0 Å². The summed E-state index contributed by atoms with van der Waals surface area (Å²) in [6.45, 7) is 7.01. The number of amides is 2. The number of anilines is 2. The number of unbranched alkanes of at least 4 members (excludes halogenated alkanes) is 1. The molecule has 0 radical (unpaired) electrons. The van der Waals surface area contributed by atoms with Crippen molar-refractivity contribution in [3.63, 3.8) is 0 Å². The molecular weight excluding hydrogens is 314 g/mol. The van der Waals surface area contributed by atoms with Crippen LogP contribution in [0.3, 0.4) is 0 Å². The first-order chi connectivity index (χ1) is 12.0. The number of carbonyl (C=O) groups is 1. The van der Waals surface area contributed by atoms with Gasteiger partial charge in [0.25, 0.3) is 0 Å². The molecule has 1 aliphatic rings. The molecule has 1 atom stereocenters. The van der Waals surface area contributed by atoms with Crippen molar-refractivity contribution in [1.29, 1.82) is 0 Å². The summed E-state index contributed by atoms with van der Waals surface area (Å²) >= 11 is 0. The number of urea groups is 1. The van der Waals surface area contributed by atoms with E-state index in [1.807, 2.05) is 12.1 Å². The predicted octanol–water partition coefficient (Wildman–Crippen LogP) is 2.29. The molecular formula is C19H33N5O. The topological polar surface area (TPSA) is 50.9 Å². The maximum absolute atomic E-state index is 12.1. The lowest BCUT2D eigenvalue weighted by atomic mass is 10.2. The van der Waals surface area contributed by atoms with Crippen LogP contribution >= 0.6 is 0 Å². The van der Waals surface area contributed by atoms with Crippen LogP contribution in [0.1, 0.15) is 19.8 Å². The van der Waals surface area contributed by atoms with Crippen LogP contribution in [-0.4, -0.2) is 75.7 Å². The minimum absolute atomic E-state index is 0.145. The predicted molar refractivity (Wildman–Crippen MR) is 106 cm³/mol. The van der Waals surface area contributed by atoms with E-state index >= 15 is 0 Å². The lowest BCUT2D eigenvalue weighted by Crippen LogP contribution is -2.54. The van der Waals surface area contributed by atoms with Crippen molar-refractivity contribution < 1.29 is 4.79 Å². The summed E-state index contributed by atoms with van der Waals surface area (Å²) in [7, 11) is 6.34. The van der Waals surface area contributed by atoms with Crippen LogP contribution in [-0.2, 0) is 0 Å². The Bertz CT molecular complexity index is 533. The minimum atomic E-state index is -0.145. The molecule has 1 fully saturated rings. The third kappa shape index (κ3) is 6.21. The zero-order valence-electron chi connectivity index (χ0n) is 16.1. The number of piperazine rings is 1. The van der Waals surface area contributed by atoms with Crippen molar-refractivity contribution in [2.75, 3.05) is 64.1 Å². The van der Waals surface area contributed by atoms with Crippen LogP contribution in [0, 0.1) is 0 Å². The molecule has 0 spiro atoms. The standard InChI is InChI=1S/C19H33N5O/c1-5-6-11-23(3)17-9-7-16(8-10-17)21-19(25)20-14-18-15-22(2)12-13-24(18)4/h7-10,18H,5-6,11-15H2,1-4H3,(H2,20,21,25)/t18-/m0/s1. The first-order valence-corrected chi connectivity index (χ1v) is 9.24. The third-order valence-electron chi connectivity index (χ3n) is 4.89. The van der Waals surface area contributed by atoms with E-state index in [1.54, 1.807) is 0 Å². The minimum Gasteiger partial charge on any atom is -0.375 e. The highest BCUT2D eigenvalue weighted by molar-refractivity contribution is 5.89. The van der Waals surface area contributed by atoms with Crippen LogP contribution in [0.15, 0.2) is 24.3 Å². The maximum atomic E-state index is 12.1. The summed E-state index contributed by atoms with van der Waals surface area (Å²) in [5, 5.41) is 5.90. The zero-order valence-corrected chi connectivity index (χ0v) is 16.1. The summed E-state index contributed by atoms with van der Waals surface area (Å²) < 4.78 is 0. The van der Waals surface area contributed by atoms with Crippen molar-refractivity contribution in [2.45, 2.75) is 25.8 Å². The highest BCUT2D eigenvalue weighted by Crippen LogP contribution is 2.17. The van der Waals surface area contributed by atoms with Crippen LogP contribution in [0.2, 0.25) is 0 Å². The smallest absolute Gasteiger partial charge is 0.319 e. The van der Waals surface area contributed by atoms with E-state index in [4.69, 9.17) is 0 Å². The van der Waals surface area contributed by atoms with E-state index in [2.05, 4.69) is 65.5 Å². The van der Waals surface area contributed by atoms with Crippen LogP contribution in [0.4, 0.5) is 16.2 Å². The van der Waals surface area contributed by atoms with E-state index in [1.165, 1.54) is 18.5 Å². The molecule has 1 heterocycles. The fourth-order valence-corrected chi connectivity index (χ4v) is 3.03. The quantitative estimate of drug-likeness (QED) is 0.795. The molecule has 1 aromatic carbocycles. The molecule has 6 heteroatoms.